The average molecular weight is 499 g/mol. The van der Waals surface area contributed by atoms with E-state index in [2.05, 4.69) is 122 Å². The summed E-state index contributed by atoms with van der Waals surface area (Å²) in [5.41, 5.74) is 9.62. The fourth-order valence-electron chi connectivity index (χ4n) is 6.71. The van der Waals surface area contributed by atoms with Gasteiger partial charge in [-0.2, -0.15) is 0 Å². The molecule has 0 amide bonds. The van der Waals surface area contributed by atoms with Gasteiger partial charge >= 0.3 is 0 Å². The molecule has 2 heteroatoms. The van der Waals surface area contributed by atoms with Gasteiger partial charge in [0.15, 0.2) is 0 Å². The molecule has 0 saturated heterocycles. The number of aromatic nitrogens is 1. The van der Waals surface area contributed by atoms with Crippen LogP contribution in [0.3, 0.4) is 0 Å². The largest absolute Gasteiger partial charge is 0.309 e. The third kappa shape index (κ3) is 3.28. The summed E-state index contributed by atoms with van der Waals surface area (Å²) in [7, 11) is 6.21. The Bertz CT molecular complexity index is 1980. The minimum Gasteiger partial charge on any atom is -0.309 e. The molecule has 186 valence electrons. The van der Waals surface area contributed by atoms with Crippen molar-refractivity contribution < 1.29 is 0 Å². The molecule has 1 nitrogen and oxygen atoms in total. The maximum absolute atomic E-state index is 6.21. The van der Waals surface area contributed by atoms with Crippen LogP contribution < -0.4 is 5.46 Å². The summed E-state index contributed by atoms with van der Waals surface area (Å²) in [6.07, 6.45) is 0. The second kappa shape index (κ2) is 8.61. The lowest BCUT2D eigenvalue weighted by Crippen LogP contribution is -2.17. The Morgan fingerprint density at radius 2 is 1.08 bits per heavy atom. The van der Waals surface area contributed by atoms with Crippen molar-refractivity contribution in [3.63, 3.8) is 0 Å². The molecule has 0 saturated carbocycles. The molecular formula is C37H30BN. The van der Waals surface area contributed by atoms with Crippen LogP contribution in [0.15, 0.2) is 109 Å². The van der Waals surface area contributed by atoms with E-state index < -0.39 is 0 Å². The van der Waals surface area contributed by atoms with Crippen molar-refractivity contribution in [2.24, 2.45) is 0 Å². The molecule has 0 bridgehead atoms. The molecule has 0 N–H and O–H groups in total. The van der Waals surface area contributed by atoms with Crippen LogP contribution >= 0.6 is 0 Å². The van der Waals surface area contributed by atoms with Gasteiger partial charge in [-0.1, -0.05) is 118 Å². The summed E-state index contributed by atoms with van der Waals surface area (Å²) in [5, 5.41) is 7.77. The zero-order valence-corrected chi connectivity index (χ0v) is 22.9. The van der Waals surface area contributed by atoms with Gasteiger partial charge in [0.25, 0.3) is 0 Å². The lowest BCUT2D eigenvalue weighted by atomic mass is 9.80. The van der Waals surface area contributed by atoms with Crippen LogP contribution in [0.1, 0.15) is 38.8 Å². The Labute approximate surface area is 231 Å². The van der Waals surface area contributed by atoms with E-state index in [0.717, 1.165) is 5.46 Å². The maximum atomic E-state index is 6.21. The van der Waals surface area contributed by atoms with Gasteiger partial charge in [-0.05, 0) is 68.1 Å². The van der Waals surface area contributed by atoms with Crippen molar-refractivity contribution in [2.75, 3.05) is 0 Å². The second-order valence-electron chi connectivity index (χ2n) is 10.9. The number of benzene rings is 6. The fraction of sp³-hybridized carbons (Fsp3) is 0.135. The monoisotopic (exact) mass is 499 g/mol. The van der Waals surface area contributed by atoms with E-state index in [1.54, 1.807) is 0 Å². The number of rotatable bonds is 1. The van der Waals surface area contributed by atoms with Gasteiger partial charge in [0.1, 0.15) is 7.85 Å². The molecule has 0 atom stereocenters. The van der Waals surface area contributed by atoms with E-state index >= 15 is 0 Å². The van der Waals surface area contributed by atoms with E-state index in [0.29, 0.717) is 0 Å². The van der Waals surface area contributed by atoms with E-state index in [4.69, 9.17) is 7.85 Å². The molecule has 1 aromatic heterocycles. The van der Waals surface area contributed by atoms with Crippen LogP contribution in [-0.4, -0.2) is 12.4 Å². The SMILES string of the molecule is CC.[B]c1ccc2c(c1)C(C)(C)c1cc(-n3c4ccc5ccccc5c4c4c5ccccc5ccc43)ccc1-2. The Morgan fingerprint density at radius 1 is 0.564 bits per heavy atom. The highest BCUT2D eigenvalue weighted by Crippen LogP contribution is 2.49. The van der Waals surface area contributed by atoms with Crippen molar-refractivity contribution in [3.05, 3.63) is 120 Å². The molecule has 6 aromatic carbocycles. The highest BCUT2D eigenvalue weighted by molar-refractivity contribution is 6.32. The van der Waals surface area contributed by atoms with Gasteiger partial charge in [-0.15, -0.1) is 0 Å². The average Bonchev–Trinajstić information content (AvgIpc) is 3.43. The summed E-state index contributed by atoms with van der Waals surface area (Å²) in [6.45, 7) is 8.63. The number of hydrogen-bond donors (Lipinski definition) is 0. The molecule has 1 heterocycles. The van der Waals surface area contributed by atoms with Crippen LogP contribution in [0.5, 0.6) is 0 Å². The molecule has 0 spiro atoms. The molecule has 0 fully saturated rings. The van der Waals surface area contributed by atoms with Crippen LogP contribution in [0, 0.1) is 0 Å². The van der Waals surface area contributed by atoms with E-state index in [1.165, 1.54) is 71.3 Å². The predicted molar refractivity (Wildman–Crippen MR) is 170 cm³/mol. The third-order valence-electron chi connectivity index (χ3n) is 8.49. The van der Waals surface area contributed by atoms with E-state index in [1.807, 2.05) is 19.9 Å². The minimum absolute atomic E-state index is 0.117. The van der Waals surface area contributed by atoms with Crippen molar-refractivity contribution in [1.82, 2.24) is 4.57 Å². The van der Waals surface area contributed by atoms with Crippen LogP contribution in [0.2, 0.25) is 0 Å². The summed E-state index contributed by atoms with van der Waals surface area (Å²) in [5.74, 6) is 0. The molecule has 8 rings (SSSR count). The molecule has 39 heavy (non-hydrogen) atoms. The Balaban J connectivity index is 0.00000124. The van der Waals surface area contributed by atoms with Crippen LogP contribution in [0.4, 0.5) is 0 Å². The third-order valence-corrected chi connectivity index (χ3v) is 8.49. The minimum atomic E-state index is -0.117. The zero-order valence-electron chi connectivity index (χ0n) is 22.9. The van der Waals surface area contributed by atoms with Crippen molar-refractivity contribution >= 4 is 56.7 Å². The predicted octanol–water partition coefficient (Wildman–Crippen LogP) is 9.22. The number of nitrogens with zero attached hydrogens (tertiary/aromatic N) is 1. The summed E-state index contributed by atoms with van der Waals surface area (Å²) in [6, 6.07) is 39.9. The highest BCUT2D eigenvalue weighted by Gasteiger charge is 2.35. The van der Waals surface area contributed by atoms with E-state index in [-0.39, 0.29) is 5.41 Å². The van der Waals surface area contributed by atoms with Gasteiger partial charge < -0.3 is 4.57 Å². The Hall–Kier alpha value is -4.30. The topological polar surface area (TPSA) is 4.93 Å². The molecule has 1 aliphatic rings. The first-order valence-electron chi connectivity index (χ1n) is 13.9. The van der Waals surface area contributed by atoms with Crippen LogP contribution in [0.25, 0.3) is 60.2 Å². The first kappa shape index (κ1) is 23.8. The molecular weight excluding hydrogens is 469 g/mol. The molecule has 1 aliphatic carbocycles. The summed E-state index contributed by atoms with van der Waals surface area (Å²) < 4.78 is 2.46. The highest BCUT2D eigenvalue weighted by atomic mass is 15.0. The van der Waals surface area contributed by atoms with E-state index in [9.17, 15) is 0 Å². The molecule has 0 unspecified atom stereocenters. The Morgan fingerprint density at radius 3 is 1.67 bits per heavy atom. The van der Waals surface area contributed by atoms with Crippen LogP contribution in [-0.2, 0) is 5.41 Å². The quantitative estimate of drug-likeness (QED) is 0.199. The second-order valence-corrected chi connectivity index (χ2v) is 10.9. The van der Waals surface area contributed by atoms with Crippen molar-refractivity contribution in [1.29, 1.82) is 0 Å². The smallest absolute Gasteiger partial charge is 0.113 e. The number of hydrogen-bond acceptors (Lipinski definition) is 0. The van der Waals surface area contributed by atoms with Crippen molar-refractivity contribution in [2.45, 2.75) is 33.1 Å². The zero-order chi connectivity index (χ0) is 26.9. The first-order chi connectivity index (χ1) is 19.0. The molecule has 0 aliphatic heterocycles. The van der Waals surface area contributed by atoms with Gasteiger partial charge in [-0.3, -0.25) is 0 Å². The van der Waals surface area contributed by atoms with Gasteiger partial charge in [-0.25, -0.2) is 0 Å². The number of fused-ring (bicyclic) bond motifs is 10. The Kier molecular flexibility index (Phi) is 5.25. The first-order valence-corrected chi connectivity index (χ1v) is 13.9. The maximum Gasteiger partial charge on any atom is 0.113 e. The van der Waals surface area contributed by atoms with Gasteiger partial charge in [0, 0.05) is 21.9 Å². The summed E-state index contributed by atoms with van der Waals surface area (Å²) >= 11 is 0. The van der Waals surface area contributed by atoms with Gasteiger partial charge in [0.2, 0.25) is 0 Å². The summed E-state index contributed by atoms with van der Waals surface area (Å²) in [4.78, 5) is 0. The lowest BCUT2D eigenvalue weighted by Gasteiger charge is -2.22. The van der Waals surface area contributed by atoms with Gasteiger partial charge in [0.05, 0.1) is 11.0 Å². The standard InChI is InChI=1S/C35H24BN.C2H6/c1-35(2)29-19-23(36)13-15-27(29)28-16-14-24(20-30(28)35)37-31-17-11-21-7-3-5-9-25(21)33(31)34-26-10-6-4-8-22(26)12-18-32(34)37;1-2/h3-20H,1-2H3;1-2H3. The molecule has 7 aromatic rings. The lowest BCUT2D eigenvalue weighted by molar-refractivity contribution is 0.660. The normalized spacial score (nSPS) is 13.4. The fourth-order valence-corrected chi connectivity index (χ4v) is 6.71. The molecule has 2 radical (unpaired) electrons. The van der Waals surface area contributed by atoms with Crippen molar-refractivity contribution in [3.8, 4) is 16.8 Å².